The van der Waals surface area contributed by atoms with Crippen molar-refractivity contribution in [1.29, 1.82) is 0 Å². The van der Waals surface area contributed by atoms with Crippen LogP contribution in [0.4, 0.5) is 0 Å². The monoisotopic (exact) mass is 434 g/mol. The molecule has 162 valence electrons. The highest BCUT2D eigenvalue weighted by molar-refractivity contribution is 7.89. The number of morpholine rings is 1. The van der Waals surface area contributed by atoms with E-state index in [4.69, 9.17) is 13.9 Å². The van der Waals surface area contributed by atoms with E-state index in [1.165, 1.54) is 18.4 Å². The molecule has 0 aliphatic carbocycles. The molecule has 2 bridgehead atoms. The first kappa shape index (κ1) is 21.0. The van der Waals surface area contributed by atoms with Crippen LogP contribution in [-0.2, 0) is 26.0 Å². The van der Waals surface area contributed by atoms with Crippen LogP contribution in [0.2, 0.25) is 0 Å². The van der Waals surface area contributed by atoms with E-state index in [0.29, 0.717) is 17.9 Å². The summed E-state index contributed by atoms with van der Waals surface area (Å²) in [5, 5.41) is 0. The van der Waals surface area contributed by atoms with Crippen molar-refractivity contribution in [2.75, 3.05) is 26.2 Å². The summed E-state index contributed by atoms with van der Waals surface area (Å²) >= 11 is 0. The highest BCUT2D eigenvalue weighted by Gasteiger charge is 2.33. The van der Waals surface area contributed by atoms with E-state index < -0.39 is 16.0 Å². The Morgan fingerprint density at radius 1 is 1.23 bits per heavy atom. The molecule has 2 fully saturated rings. The van der Waals surface area contributed by atoms with Gasteiger partial charge in [-0.2, -0.15) is 0 Å². The minimum Gasteiger partial charge on any atom is -0.468 e. The number of furan rings is 1. The first-order valence-electron chi connectivity index (χ1n) is 10.1. The molecule has 0 amide bonds. The molecule has 1 N–H and O–H groups in total. The lowest BCUT2D eigenvalue weighted by Gasteiger charge is -2.31. The fraction of sp³-hybridized carbons (Fsp3) is 0.476. The molecule has 2 aliphatic rings. The third-order valence-electron chi connectivity index (χ3n) is 5.52. The average Bonchev–Trinajstić information content (AvgIpc) is 3.36. The molecule has 2 atom stereocenters. The van der Waals surface area contributed by atoms with E-state index in [2.05, 4.69) is 9.62 Å². The van der Waals surface area contributed by atoms with Gasteiger partial charge >= 0.3 is 5.97 Å². The first-order chi connectivity index (χ1) is 14.4. The quantitative estimate of drug-likeness (QED) is 0.635. The van der Waals surface area contributed by atoms with E-state index >= 15 is 0 Å². The van der Waals surface area contributed by atoms with E-state index in [1.807, 2.05) is 0 Å². The predicted octanol–water partition coefficient (Wildman–Crippen LogP) is 2.09. The lowest BCUT2D eigenvalue weighted by molar-refractivity contribution is -0.0431. The summed E-state index contributed by atoms with van der Waals surface area (Å²) in [6.45, 7) is 4.41. The number of aryl methyl sites for hydroxylation is 1. The van der Waals surface area contributed by atoms with Crippen molar-refractivity contribution in [3.05, 3.63) is 53.5 Å². The van der Waals surface area contributed by atoms with Gasteiger partial charge in [0.2, 0.25) is 10.0 Å². The zero-order valence-corrected chi connectivity index (χ0v) is 17.7. The van der Waals surface area contributed by atoms with Crippen LogP contribution < -0.4 is 4.72 Å². The molecule has 0 spiro atoms. The van der Waals surface area contributed by atoms with Crippen LogP contribution in [0.1, 0.15) is 34.5 Å². The second-order valence-corrected chi connectivity index (χ2v) is 9.50. The Morgan fingerprint density at radius 3 is 2.70 bits per heavy atom. The van der Waals surface area contributed by atoms with Gasteiger partial charge in [-0.05, 0) is 49.6 Å². The van der Waals surface area contributed by atoms with Crippen LogP contribution in [0, 0.1) is 6.92 Å². The summed E-state index contributed by atoms with van der Waals surface area (Å²) in [4.78, 5) is 14.8. The van der Waals surface area contributed by atoms with Gasteiger partial charge in [-0.3, -0.25) is 4.90 Å². The SMILES string of the molecule is Cc1ccc(S(=O)(=O)NCc2ccco2)cc1C(=O)OCCN1CC2CCC(C1)O2. The summed E-state index contributed by atoms with van der Waals surface area (Å²) in [6, 6.07) is 7.81. The van der Waals surface area contributed by atoms with Gasteiger partial charge in [0, 0.05) is 19.6 Å². The standard InChI is InChI=1S/C21H26N2O6S/c1-15-4-7-19(30(25,26)22-12-16-3-2-9-27-16)11-20(15)21(24)28-10-8-23-13-17-5-6-18(14-23)29-17/h2-4,7,9,11,17-18,22H,5-6,8,10,12-14H2,1H3. The number of carbonyl (C=O) groups excluding carboxylic acids is 1. The Bertz CT molecular complexity index is 977. The van der Waals surface area contributed by atoms with E-state index in [1.54, 1.807) is 25.1 Å². The van der Waals surface area contributed by atoms with Gasteiger partial charge in [0.25, 0.3) is 0 Å². The van der Waals surface area contributed by atoms with Crippen molar-refractivity contribution in [2.45, 2.75) is 43.4 Å². The fourth-order valence-electron chi connectivity index (χ4n) is 3.88. The molecular formula is C21H26N2O6S. The number of hydrogen-bond donors (Lipinski definition) is 1. The highest BCUT2D eigenvalue weighted by Crippen LogP contribution is 2.26. The Hall–Kier alpha value is -2.20. The minimum atomic E-state index is -3.79. The number of sulfonamides is 1. The number of rotatable bonds is 8. The van der Waals surface area contributed by atoms with Crippen molar-refractivity contribution < 1.29 is 27.1 Å². The number of hydrogen-bond acceptors (Lipinski definition) is 7. The normalized spacial score (nSPS) is 21.6. The maximum atomic E-state index is 12.6. The zero-order valence-electron chi connectivity index (χ0n) is 16.9. The molecule has 8 nitrogen and oxygen atoms in total. The van der Waals surface area contributed by atoms with E-state index in [0.717, 1.165) is 25.9 Å². The van der Waals surface area contributed by atoms with Gasteiger partial charge in [-0.15, -0.1) is 0 Å². The van der Waals surface area contributed by atoms with Crippen LogP contribution in [-0.4, -0.2) is 57.7 Å². The molecule has 30 heavy (non-hydrogen) atoms. The molecule has 0 radical (unpaired) electrons. The van der Waals surface area contributed by atoms with Gasteiger partial charge in [-0.1, -0.05) is 6.07 Å². The Morgan fingerprint density at radius 2 is 2.00 bits per heavy atom. The fourth-order valence-corrected chi connectivity index (χ4v) is 4.90. The van der Waals surface area contributed by atoms with Gasteiger partial charge in [-0.25, -0.2) is 17.9 Å². The predicted molar refractivity (Wildman–Crippen MR) is 109 cm³/mol. The van der Waals surface area contributed by atoms with Gasteiger partial charge in [0.15, 0.2) is 0 Å². The molecule has 1 aromatic carbocycles. The maximum absolute atomic E-state index is 12.6. The minimum absolute atomic E-state index is 0.0105. The van der Waals surface area contributed by atoms with Crippen molar-refractivity contribution in [2.24, 2.45) is 0 Å². The smallest absolute Gasteiger partial charge is 0.338 e. The largest absolute Gasteiger partial charge is 0.468 e. The number of esters is 1. The molecule has 2 unspecified atom stereocenters. The third kappa shape index (κ3) is 4.92. The van der Waals surface area contributed by atoms with Gasteiger partial charge in [0.1, 0.15) is 12.4 Å². The Balaban J connectivity index is 1.35. The number of likely N-dealkylation sites (tertiary alicyclic amines) is 1. The highest BCUT2D eigenvalue weighted by atomic mass is 32.2. The summed E-state index contributed by atoms with van der Waals surface area (Å²) < 4.78 is 44.0. The number of nitrogens with one attached hydrogen (secondary N) is 1. The zero-order chi connectivity index (χ0) is 21.1. The van der Waals surface area contributed by atoms with Crippen molar-refractivity contribution in [3.8, 4) is 0 Å². The van der Waals surface area contributed by atoms with Crippen LogP contribution in [0.25, 0.3) is 0 Å². The molecule has 9 heteroatoms. The maximum Gasteiger partial charge on any atom is 0.338 e. The summed E-state index contributed by atoms with van der Waals surface area (Å²) in [5.74, 6) is -0.0197. The van der Waals surface area contributed by atoms with Crippen molar-refractivity contribution in [3.63, 3.8) is 0 Å². The Kier molecular flexibility index (Phi) is 6.24. The van der Waals surface area contributed by atoms with Crippen LogP contribution in [0.5, 0.6) is 0 Å². The molecule has 3 heterocycles. The third-order valence-corrected chi connectivity index (χ3v) is 6.91. The second kappa shape index (κ2) is 8.89. The molecule has 1 aromatic heterocycles. The lowest BCUT2D eigenvalue weighted by atomic mass is 10.1. The van der Waals surface area contributed by atoms with Crippen LogP contribution in [0.3, 0.4) is 0 Å². The summed E-state index contributed by atoms with van der Waals surface area (Å²) in [7, 11) is -3.79. The molecule has 2 aromatic rings. The van der Waals surface area contributed by atoms with Gasteiger partial charge < -0.3 is 13.9 Å². The molecular weight excluding hydrogens is 408 g/mol. The summed E-state index contributed by atoms with van der Waals surface area (Å²) in [5.41, 5.74) is 0.910. The molecule has 0 saturated carbocycles. The van der Waals surface area contributed by atoms with Gasteiger partial charge in [0.05, 0.1) is 35.5 Å². The van der Waals surface area contributed by atoms with Crippen LogP contribution >= 0.6 is 0 Å². The lowest BCUT2D eigenvalue weighted by Crippen LogP contribution is -2.44. The topological polar surface area (TPSA) is 98.1 Å². The summed E-state index contributed by atoms with van der Waals surface area (Å²) in [6.07, 6.45) is 4.24. The first-order valence-corrected chi connectivity index (χ1v) is 11.6. The van der Waals surface area contributed by atoms with Crippen LogP contribution in [0.15, 0.2) is 45.9 Å². The number of fused-ring (bicyclic) bond motifs is 2. The Labute approximate surface area is 176 Å². The van der Waals surface area contributed by atoms with E-state index in [9.17, 15) is 13.2 Å². The number of carbonyl (C=O) groups is 1. The molecule has 2 saturated heterocycles. The number of nitrogens with zero attached hydrogens (tertiary/aromatic N) is 1. The molecule has 4 rings (SSSR count). The number of benzene rings is 1. The second-order valence-electron chi connectivity index (χ2n) is 7.73. The van der Waals surface area contributed by atoms with Crippen molar-refractivity contribution >= 4 is 16.0 Å². The number of ether oxygens (including phenoxy) is 2. The average molecular weight is 435 g/mol. The van der Waals surface area contributed by atoms with E-state index in [-0.39, 0.29) is 35.8 Å². The van der Waals surface area contributed by atoms with Crippen molar-refractivity contribution in [1.82, 2.24) is 9.62 Å². The molecule has 2 aliphatic heterocycles.